The number of likely N-dealkylation sites (tertiary alicyclic amines) is 1. The molecule has 0 radical (unpaired) electrons. The Bertz CT molecular complexity index is 401. The molecule has 22 heavy (non-hydrogen) atoms. The van der Waals surface area contributed by atoms with Crippen LogP contribution in [0.3, 0.4) is 0 Å². The summed E-state index contributed by atoms with van der Waals surface area (Å²) in [6, 6.07) is -1.45. The molecule has 0 unspecified atom stereocenters. The number of carbonyl (C=O) groups excluding carboxylic acids is 2. The van der Waals surface area contributed by atoms with Crippen molar-refractivity contribution in [2.45, 2.75) is 58.3 Å². The van der Waals surface area contributed by atoms with E-state index >= 15 is 0 Å². The van der Waals surface area contributed by atoms with E-state index in [0.29, 0.717) is 5.92 Å². The molecule has 1 saturated heterocycles. The number of urea groups is 1. The fourth-order valence-electron chi connectivity index (χ4n) is 2.50. The van der Waals surface area contributed by atoms with Gasteiger partial charge in [-0.2, -0.15) is 13.2 Å². The summed E-state index contributed by atoms with van der Waals surface area (Å²) >= 11 is 0. The molecule has 1 fully saturated rings. The lowest BCUT2D eigenvalue weighted by atomic mass is 10.0. The predicted molar refractivity (Wildman–Crippen MR) is 76.2 cm³/mol. The average Bonchev–Trinajstić information content (AvgIpc) is 2.69. The van der Waals surface area contributed by atoms with Gasteiger partial charge in [0.05, 0.1) is 0 Å². The highest BCUT2D eigenvalue weighted by Crippen LogP contribution is 2.20. The Hall–Kier alpha value is -1.47. The summed E-state index contributed by atoms with van der Waals surface area (Å²) in [4.78, 5) is 24.3. The van der Waals surface area contributed by atoms with E-state index in [1.54, 1.807) is 0 Å². The molecule has 0 aromatic carbocycles. The smallest absolute Gasteiger partial charge is 0.336 e. The number of nitrogens with zero attached hydrogens (tertiary/aromatic N) is 1. The maximum Gasteiger partial charge on any atom is 0.406 e. The second-order valence-electron chi connectivity index (χ2n) is 5.98. The zero-order valence-corrected chi connectivity index (χ0v) is 13.2. The van der Waals surface area contributed by atoms with Gasteiger partial charge < -0.3 is 15.5 Å². The monoisotopic (exact) mass is 323 g/mol. The van der Waals surface area contributed by atoms with Gasteiger partial charge in [-0.25, -0.2) is 4.79 Å². The Labute approximate surface area is 128 Å². The first-order valence-electron chi connectivity index (χ1n) is 7.55. The van der Waals surface area contributed by atoms with Crippen LogP contribution in [0.25, 0.3) is 0 Å². The largest absolute Gasteiger partial charge is 0.406 e. The SMILES string of the molecule is CC[C@H](C)C[C@@H](C)NC(=O)N[C@H]1CCN(CC(F)(F)F)C1=O. The number of amides is 3. The van der Waals surface area contributed by atoms with E-state index < -0.39 is 30.7 Å². The van der Waals surface area contributed by atoms with Crippen LogP contribution in [0.2, 0.25) is 0 Å². The van der Waals surface area contributed by atoms with Crippen molar-refractivity contribution in [3.63, 3.8) is 0 Å². The first-order valence-corrected chi connectivity index (χ1v) is 7.55. The quantitative estimate of drug-likeness (QED) is 0.788. The van der Waals surface area contributed by atoms with Gasteiger partial charge in [0, 0.05) is 12.6 Å². The van der Waals surface area contributed by atoms with E-state index in [1.165, 1.54) is 0 Å². The normalized spacial score (nSPS) is 21.6. The molecule has 0 aliphatic carbocycles. The van der Waals surface area contributed by atoms with Crippen LogP contribution in [0.1, 0.15) is 40.0 Å². The van der Waals surface area contributed by atoms with Crippen LogP contribution in [-0.4, -0.2) is 48.2 Å². The maximum atomic E-state index is 12.3. The molecule has 128 valence electrons. The van der Waals surface area contributed by atoms with Crippen molar-refractivity contribution in [2.24, 2.45) is 5.92 Å². The van der Waals surface area contributed by atoms with Gasteiger partial charge in [0.2, 0.25) is 5.91 Å². The number of rotatable bonds is 6. The third-order valence-electron chi connectivity index (χ3n) is 3.80. The number of hydrogen-bond acceptors (Lipinski definition) is 2. The number of nitrogens with one attached hydrogen (secondary N) is 2. The van der Waals surface area contributed by atoms with Crippen molar-refractivity contribution >= 4 is 11.9 Å². The lowest BCUT2D eigenvalue weighted by Crippen LogP contribution is -2.49. The second kappa shape index (κ2) is 7.69. The van der Waals surface area contributed by atoms with Gasteiger partial charge in [0.25, 0.3) is 0 Å². The summed E-state index contributed by atoms with van der Waals surface area (Å²) in [6.45, 7) is 4.73. The average molecular weight is 323 g/mol. The zero-order chi connectivity index (χ0) is 16.9. The van der Waals surface area contributed by atoms with E-state index in [2.05, 4.69) is 24.5 Å². The highest BCUT2D eigenvalue weighted by molar-refractivity contribution is 5.88. The van der Waals surface area contributed by atoms with E-state index in [1.807, 2.05) is 6.92 Å². The molecule has 3 atom stereocenters. The Morgan fingerprint density at radius 2 is 2.05 bits per heavy atom. The van der Waals surface area contributed by atoms with Gasteiger partial charge in [0.15, 0.2) is 0 Å². The Morgan fingerprint density at radius 3 is 2.59 bits per heavy atom. The molecular weight excluding hydrogens is 299 g/mol. The van der Waals surface area contributed by atoms with Crippen LogP contribution in [0.4, 0.5) is 18.0 Å². The van der Waals surface area contributed by atoms with E-state index in [0.717, 1.165) is 17.7 Å². The molecule has 0 saturated carbocycles. The molecule has 2 N–H and O–H groups in total. The summed E-state index contributed by atoms with van der Waals surface area (Å²) in [5.74, 6) is -0.215. The molecule has 0 bridgehead atoms. The molecule has 0 spiro atoms. The summed E-state index contributed by atoms with van der Waals surface area (Å²) in [6.07, 6.45) is -2.41. The Morgan fingerprint density at radius 1 is 1.41 bits per heavy atom. The molecule has 1 aliphatic rings. The van der Waals surface area contributed by atoms with Crippen molar-refractivity contribution in [3.8, 4) is 0 Å². The molecular formula is C14H24F3N3O2. The summed E-state index contributed by atoms with van der Waals surface area (Å²) in [7, 11) is 0. The van der Waals surface area contributed by atoms with Gasteiger partial charge in [-0.1, -0.05) is 20.3 Å². The van der Waals surface area contributed by atoms with Crippen molar-refractivity contribution < 1.29 is 22.8 Å². The van der Waals surface area contributed by atoms with Crippen molar-refractivity contribution in [2.75, 3.05) is 13.1 Å². The fourth-order valence-corrected chi connectivity index (χ4v) is 2.50. The molecule has 0 aromatic rings. The Kier molecular flexibility index (Phi) is 6.49. The molecule has 1 rings (SSSR count). The van der Waals surface area contributed by atoms with E-state index in [-0.39, 0.29) is 19.0 Å². The standard InChI is InChI=1S/C14H24F3N3O2/c1-4-9(2)7-10(3)18-13(22)19-11-5-6-20(12(11)21)8-14(15,16)17/h9-11H,4-8H2,1-3H3,(H2,18,19,22)/t9-,10+,11-/m0/s1. The zero-order valence-electron chi connectivity index (χ0n) is 13.2. The molecule has 3 amide bonds. The number of alkyl halides is 3. The minimum atomic E-state index is -4.42. The van der Waals surface area contributed by atoms with Crippen molar-refractivity contribution in [1.82, 2.24) is 15.5 Å². The first-order chi connectivity index (χ1) is 10.1. The summed E-state index contributed by atoms with van der Waals surface area (Å²) in [5.41, 5.74) is 0. The van der Waals surface area contributed by atoms with Crippen LogP contribution in [0.15, 0.2) is 0 Å². The van der Waals surface area contributed by atoms with Crippen LogP contribution in [-0.2, 0) is 4.79 Å². The Balaban J connectivity index is 2.41. The van der Waals surface area contributed by atoms with Gasteiger partial charge in [-0.05, 0) is 25.7 Å². The number of carbonyl (C=O) groups is 2. The topological polar surface area (TPSA) is 61.4 Å². The molecule has 1 heterocycles. The lowest BCUT2D eigenvalue weighted by molar-refractivity contribution is -0.157. The van der Waals surface area contributed by atoms with E-state index in [4.69, 9.17) is 0 Å². The lowest BCUT2D eigenvalue weighted by Gasteiger charge is -2.20. The van der Waals surface area contributed by atoms with E-state index in [9.17, 15) is 22.8 Å². The van der Waals surface area contributed by atoms with Crippen molar-refractivity contribution in [3.05, 3.63) is 0 Å². The van der Waals surface area contributed by atoms with Crippen LogP contribution in [0, 0.1) is 5.92 Å². The molecule has 0 aromatic heterocycles. The predicted octanol–water partition coefficient (Wildman–Crippen LogP) is 2.27. The van der Waals surface area contributed by atoms with Crippen LogP contribution < -0.4 is 10.6 Å². The second-order valence-corrected chi connectivity index (χ2v) is 5.98. The van der Waals surface area contributed by atoms with Gasteiger partial charge in [-0.15, -0.1) is 0 Å². The summed E-state index contributed by atoms with van der Waals surface area (Å²) < 4.78 is 36.9. The fraction of sp³-hybridized carbons (Fsp3) is 0.857. The number of halogens is 3. The van der Waals surface area contributed by atoms with Gasteiger partial charge in [0.1, 0.15) is 12.6 Å². The minimum absolute atomic E-state index is 0.00567. The van der Waals surface area contributed by atoms with Gasteiger partial charge in [-0.3, -0.25) is 4.79 Å². The van der Waals surface area contributed by atoms with Crippen molar-refractivity contribution in [1.29, 1.82) is 0 Å². The third kappa shape index (κ3) is 6.11. The molecule has 1 aliphatic heterocycles. The molecule has 8 heteroatoms. The maximum absolute atomic E-state index is 12.3. The first kappa shape index (κ1) is 18.6. The third-order valence-corrected chi connectivity index (χ3v) is 3.80. The van der Waals surface area contributed by atoms with Crippen LogP contribution >= 0.6 is 0 Å². The van der Waals surface area contributed by atoms with Crippen LogP contribution in [0.5, 0.6) is 0 Å². The number of hydrogen-bond donors (Lipinski definition) is 2. The molecule has 5 nitrogen and oxygen atoms in total. The minimum Gasteiger partial charge on any atom is -0.336 e. The highest BCUT2D eigenvalue weighted by atomic mass is 19.4. The summed E-state index contributed by atoms with van der Waals surface area (Å²) in [5, 5.41) is 5.17. The van der Waals surface area contributed by atoms with Gasteiger partial charge >= 0.3 is 12.2 Å². The highest BCUT2D eigenvalue weighted by Gasteiger charge is 2.39.